The second-order valence-electron chi connectivity index (χ2n) is 6.67. The normalized spacial score (nSPS) is 17.2. The molecule has 1 aliphatic heterocycles. The van der Waals surface area contributed by atoms with Crippen LogP contribution in [0.3, 0.4) is 0 Å². The second kappa shape index (κ2) is 7.66. The van der Waals surface area contributed by atoms with Crippen molar-refractivity contribution >= 4 is 5.82 Å². The predicted octanol–water partition coefficient (Wildman–Crippen LogP) is 3.52. The first kappa shape index (κ1) is 16.7. The molecule has 2 N–H and O–H groups in total. The first-order valence-electron chi connectivity index (χ1n) is 9.09. The van der Waals surface area contributed by atoms with Crippen LogP contribution in [0.2, 0.25) is 0 Å². The Bertz CT molecular complexity index is 856. The van der Waals surface area contributed by atoms with E-state index in [1.165, 1.54) is 12.8 Å². The number of nitrogens with one attached hydrogen (secondary N) is 2. The third kappa shape index (κ3) is 3.91. The average molecular weight is 349 g/mol. The van der Waals surface area contributed by atoms with Gasteiger partial charge in [-0.1, -0.05) is 35.5 Å². The van der Waals surface area contributed by atoms with E-state index in [9.17, 15) is 0 Å². The number of aromatic nitrogens is 3. The third-order valence-corrected chi connectivity index (χ3v) is 4.65. The fourth-order valence-electron chi connectivity index (χ4n) is 3.31. The molecule has 26 heavy (non-hydrogen) atoms. The highest BCUT2D eigenvalue weighted by Crippen LogP contribution is 2.24. The molecule has 2 aromatic heterocycles. The molecule has 0 radical (unpaired) electrons. The average Bonchev–Trinajstić information content (AvgIpc) is 3.16. The molecule has 134 valence electrons. The van der Waals surface area contributed by atoms with Crippen molar-refractivity contribution in [3.05, 3.63) is 59.7 Å². The molecule has 1 fully saturated rings. The SMILES string of the molecule is Cc1nc(NCc2cc(-c3ccccc3)no2)cc(C2CCCNC2)n1. The van der Waals surface area contributed by atoms with E-state index in [1.54, 1.807) is 0 Å². The third-order valence-electron chi connectivity index (χ3n) is 4.65. The summed E-state index contributed by atoms with van der Waals surface area (Å²) in [7, 11) is 0. The molecule has 0 amide bonds. The molecule has 1 saturated heterocycles. The number of hydrogen-bond donors (Lipinski definition) is 2. The molecule has 4 rings (SSSR count). The van der Waals surface area contributed by atoms with Crippen LogP contribution in [-0.4, -0.2) is 28.2 Å². The Morgan fingerprint density at radius 2 is 2.08 bits per heavy atom. The minimum Gasteiger partial charge on any atom is -0.363 e. The Labute approximate surface area is 153 Å². The highest BCUT2D eigenvalue weighted by molar-refractivity contribution is 5.58. The van der Waals surface area contributed by atoms with Gasteiger partial charge in [0.1, 0.15) is 17.3 Å². The number of nitrogens with zero attached hydrogens (tertiary/aromatic N) is 3. The minimum atomic E-state index is 0.459. The van der Waals surface area contributed by atoms with E-state index in [2.05, 4.69) is 31.8 Å². The first-order chi connectivity index (χ1) is 12.8. The lowest BCUT2D eigenvalue weighted by atomic mass is 9.96. The molecule has 0 bridgehead atoms. The fraction of sp³-hybridized carbons (Fsp3) is 0.350. The number of benzene rings is 1. The van der Waals surface area contributed by atoms with Crippen LogP contribution >= 0.6 is 0 Å². The van der Waals surface area contributed by atoms with Gasteiger partial charge in [-0.25, -0.2) is 9.97 Å². The van der Waals surface area contributed by atoms with Crippen LogP contribution in [-0.2, 0) is 6.54 Å². The monoisotopic (exact) mass is 349 g/mol. The van der Waals surface area contributed by atoms with Gasteiger partial charge in [0.25, 0.3) is 0 Å². The first-order valence-corrected chi connectivity index (χ1v) is 9.09. The van der Waals surface area contributed by atoms with Crippen LogP contribution < -0.4 is 10.6 Å². The molecule has 0 saturated carbocycles. The Hall–Kier alpha value is -2.73. The zero-order valence-corrected chi connectivity index (χ0v) is 14.9. The Morgan fingerprint density at radius 1 is 1.19 bits per heavy atom. The smallest absolute Gasteiger partial charge is 0.156 e. The lowest BCUT2D eigenvalue weighted by molar-refractivity contribution is 0.390. The number of rotatable bonds is 5. The van der Waals surface area contributed by atoms with Crippen molar-refractivity contribution in [2.75, 3.05) is 18.4 Å². The van der Waals surface area contributed by atoms with Gasteiger partial charge in [0.15, 0.2) is 5.76 Å². The Balaban J connectivity index is 1.45. The Kier molecular flexibility index (Phi) is 4.93. The molecule has 0 spiro atoms. The zero-order chi connectivity index (χ0) is 17.8. The minimum absolute atomic E-state index is 0.459. The van der Waals surface area contributed by atoms with Crippen molar-refractivity contribution in [3.63, 3.8) is 0 Å². The zero-order valence-electron chi connectivity index (χ0n) is 14.9. The van der Waals surface area contributed by atoms with Crippen LogP contribution in [0.4, 0.5) is 5.82 Å². The molecule has 1 atom stereocenters. The number of piperidine rings is 1. The highest BCUT2D eigenvalue weighted by atomic mass is 16.5. The van der Waals surface area contributed by atoms with Gasteiger partial charge < -0.3 is 15.2 Å². The van der Waals surface area contributed by atoms with Crippen LogP contribution in [0.15, 0.2) is 47.0 Å². The summed E-state index contributed by atoms with van der Waals surface area (Å²) < 4.78 is 5.45. The maximum atomic E-state index is 5.45. The quantitative estimate of drug-likeness (QED) is 0.734. The molecule has 6 nitrogen and oxygen atoms in total. The summed E-state index contributed by atoms with van der Waals surface area (Å²) in [6, 6.07) is 14.0. The molecule has 3 heterocycles. The number of aryl methyl sites for hydroxylation is 1. The van der Waals surface area contributed by atoms with Gasteiger partial charge in [-0.15, -0.1) is 0 Å². The lowest BCUT2D eigenvalue weighted by Crippen LogP contribution is -2.29. The van der Waals surface area contributed by atoms with Gasteiger partial charge in [0.05, 0.1) is 12.2 Å². The van der Waals surface area contributed by atoms with Gasteiger partial charge in [-0.2, -0.15) is 0 Å². The fourth-order valence-corrected chi connectivity index (χ4v) is 3.31. The highest BCUT2D eigenvalue weighted by Gasteiger charge is 2.18. The van der Waals surface area contributed by atoms with Crippen molar-refractivity contribution in [3.8, 4) is 11.3 Å². The molecule has 6 heteroatoms. The lowest BCUT2D eigenvalue weighted by Gasteiger charge is -2.22. The maximum Gasteiger partial charge on any atom is 0.156 e. The van der Waals surface area contributed by atoms with Crippen molar-refractivity contribution in [2.45, 2.75) is 32.2 Å². The standard InChI is InChI=1S/C20H23N5O/c1-14-23-18(16-8-5-9-21-12-16)11-20(24-14)22-13-17-10-19(25-26-17)15-6-3-2-4-7-15/h2-4,6-7,10-11,16,21H,5,8-9,12-13H2,1H3,(H,22,23,24). The van der Waals surface area contributed by atoms with E-state index >= 15 is 0 Å². The Morgan fingerprint density at radius 3 is 2.88 bits per heavy atom. The summed E-state index contributed by atoms with van der Waals surface area (Å²) in [4.78, 5) is 9.13. The van der Waals surface area contributed by atoms with Crippen molar-refractivity contribution in [1.82, 2.24) is 20.4 Å². The van der Waals surface area contributed by atoms with Gasteiger partial charge in [0.2, 0.25) is 0 Å². The summed E-state index contributed by atoms with van der Waals surface area (Å²) in [5, 5.41) is 10.9. The van der Waals surface area contributed by atoms with Crippen molar-refractivity contribution < 1.29 is 4.52 Å². The second-order valence-corrected chi connectivity index (χ2v) is 6.67. The van der Waals surface area contributed by atoms with E-state index in [0.29, 0.717) is 12.5 Å². The van der Waals surface area contributed by atoms with E-state index < -0.39 is 0 Å². The van der Waals surface area contributed by atoms with E-state index in [4.69, 9.17) is 4.52 Å². The van der Waals surface area contributed by atoms with Crippen LogP contribution in [0.1, 0.15) is 36.0 Å². The molecule has 3 aromatic rings. The molecule has 0 aliphatic carbocycles. The summed E-state index contributed by atoms with van der Waals surface area (Å²) in [6.45, 7) is 4.56. The molecule has 1 unspecified atom stereocenters. The van der Waals surface area contributed by atoms with Crippen molar-refractivity contribution in [1.29, 1.82) is 0 Å². The number of hydrogen-bond acceptors (Lipinski definition) is 6. The van der Waals surface area contributed by atoms with Gasteiger partial charge in [-0.05, 0) is 26.3 Å². The summed E-state index contributed by atoms with van der Waals surface area (Å²) in [5.74, 6) is 2.86. The molecular weight excluding hydrogens is 326 g/mol. The van der Waals surface area contributed by atoms with Crippen molar-refractivity contribution in [2.24, 2.45) is 0 Å². The van der Waals surface area contributed by atoms with Crippen LogP contribution in [0, 0.1) is 6.92 Å². The van der Waals surface area contributed by atoms with E-state index in [1.807, 2.05) is 43.3 Å². The van der Waals surface area contributed by atoms with Crippen LogP contribution in [0.25, 0.3) is 11.3 Å². The van der Waals surface area contributed by atoms with Gasteiger partial charge >= 0.3 is 0 Å². The topological polar surface area (TPSA) is 75.9 Å². The maximum absolute atomic E-state index is 5.45. The summed E-state index contributed by atoms with van der Waals surface area (Å²) in [6.07, 6.45) is 2.36. The van der Waals surface area contributed by atoms with Crippen LogP contribution in [0.5, 0.6) is 0 Å². The molecular formula is C20H23N5O. The summed E-state index contributed by atoms with van der Waals surface area (Å²) in [5.41, 5.74) is 3.00. The molecule has 1 aliphatic rings. The van der Waals surface area contributed by atoms with Gasteiger partial charge in [-0.3, -0.25) is 0 Å². The molecule has 1 aromatic carbocycles. The predicted molar refractivity (Wildman–Crippen MR) is 101 cm³/mol. The number of anilines is 1. The van der Waals surface area contributed by atoms with E-state index in [-0.39, 0.29) is 0 Å². The summed E-state index contributed by atoms with van der Waals surface area (Å²) >= 11 is 0. The van der Waals surface area contributed by atoms with E-state index in [0.717, 1.165) is 47.4 Å². The van der Waals surface area contributed by atoms with Gasteiger partial charge in [0, 0.05) is 30.2 Å². The largest absolute Gasteiger partial charge is 0.363 e.